The van der Waals surface area contributed by atoms with Gasteiger partial charge < -0.3 is 9.84 Å². The van der Waals surface area contributed by atoms with Gasteiger partial charge in [-0.2, -0.15) is 13.9 Å². The number of aliphatic hydroxyl groups is 1. The van der Waals surface area contributed by atoms with Crippen LogP contribution < -0.4 is 0 Å². The van der Waals surface area contributed by atoms with E-state index in [0.29, 0.717) is 6.07 Å². The highest BCUT2D eigenvalue weighted by molar-refractivity contribution is 5.26. The third-order valence-corrected chi connectivity index (χ3v) is 4.54. The SMILES string of the molecule is CCC(OC(F)(F)C(F)F)C(C)C(O)(Cn1cncn1)c1ccc(F)cc1F. The lowest BCUT2D eigenvalue weighted by molar-refractivity contribution is -0.330. The van der Waals surface area contributed by atoms with E-state index in [4.69, 9.17) is 0 Å². The predicted molar refractivity (Wildman–Crippen MR) is 85.6 cm³/mol. The Kier molecular flexibility index (Phi) is 6.71. The molecule has 1 N–H and O–H groups in total. The molecule has 2 rings (SSSR count). The Morgan fingerprint density at radius 2 is 1.93 bits per heavy atom. The van der Waals surface area contributed by atoms with Crippen molar-refractivity contribution in [2.24, 2.45) is 5.92 Å². The van der Waals surface area contributed by atoms with Crippen molar-refractivity contribution in [3.8, 4) is 0 Å². The second-order valence-electron chi connectivity index (χ2n) is 6.36. The van der Waals surface area contributed by atoms with Gasteiger partial charge in [0.1, 0.15) is 29.9 Å². The van der Waals surface area contributed by atoms with E-state index in [-0.39, 0.29) is 6.42 Å². The van der Waals surface area contributed by atoms with Crippen LogP contribution in [0.2, 0.25) is 0 Å². The zero-order valence-electron chi connectivity index (χ0n) is 15.0. The monoisotopic (exact) mass is 411 g/mol. The van der Waals surface area contributed by atoms with Crippen LogP contribution in [0.15, 0.2) is 30.9 Å². The molecule has 5 nitrogen and oxygen atoms in total. The molecule has 0 aliphatic heterocycles. The van der Waals surface area contributed by atoms with E-state index < -0.39 is 53.9 Å². The van der Waals surface area contributed by atoms with Crippen molar-refractivity contribution < 1.29 is 36.2 Å². The number of halogens is 6. The van der Waals surface area contributed by atoms with Crippen molar-refractivity contribution in [3.05, 3.63) is 48.1 Å². The maximum atomic E-state index is 14.4. The molecule has 0 aliphatic carbocycles. The van der Waals surface area contributed by atoms with Crippen LogP contribution in [0.3, 0.4) is 0 Å². The molecule has 1 heterocycles. The van der Waals surface area contributed by atoms with E-state index in [1.165, 1.54) is 20.2 Å². The van der Waals surface area contributed by atoms with Gasteiger partial charge in [-0.25, -0.2) is 27.2 Å². The first-order valence-electron chi connectivity index (χ1n) is 8.35. The first-order chi connectivity index (χ1) is 13.0. The van der Waals surface area contributed by atoms with Gasteiger partial charge in [-0.05, 0) is 12.5 Å². The van der Waals surface area contributed by atoms with E-state index in [0.717, 1.165) is 23.1 Å². The second-order valence-corrected chi connectivity index (χ2v) is 6.36. The Balaban J connectivity index is 2.47. The number of benzene rings is 1. The van der Waals surface area contributed by atoms with Gasteiger partial charge in [-0.3, -0.25) is 0 Å². The van der Waals surface area contributed by atoms with Crippen molar-refractivity contribution in [2.45, 2.75) is 51.1 Å². The summed E-state index contributed by atoms with van der Waals surface area (Å²) in [5, 5.41) is 15.1. The molecule has 1 aromatic heterocycles. The Hall–Kier alpha value is -2.14. The minimum atomic E-state index is -4.76. The van der Waals surface area contributed by atoms with E-state index in [9.17, 15) is 31.4 Å². The topological polar surface area (TPSA) is 60.2 Å². The summed E-state index contributed by atoms with van der Waals surface area (Å²) in [5.74, 6) is -3.36. The number of hydrogen-bond acceptors (Lipinski definition) is 4. The largest absolute Gasteiger partial charge is 0.416 e. The van der Waals surface area contributed by atoms with Crippen LogP contribution in [0.4, 0.5) is 26.3 Å². The van der Waals surface area contributed by atoms with Crippen LogP contribution in [0, 0.1) is 17.6 Å². The quantitative estimate of drug-likeness (QED) is 0.639. The molecule has 28 heavy (non-hydrogen) atoms. The molecule has 0 aliphatic rings. The summed E-state index contributed by atoms with van der Waals surface area (Å²) in [6.45, 7) is 2.17. The molecule has 156 valence electrons. The lowest BCUT2D eigenvalue weighted by atomic mass is 9.78. The van der Waals surface area contributed by atoms with Gasteiger partial charge in [0, 0.05) is 17.5 Å². The van der Waals surface area contributed by atoms with Gasteiger partial charge in [-0.15, -0.1) is 0 Å². The molecule has 1 aromatic carbocycles. The summed E-state index contributed by atoms with van der Waals surface area (Å²) in [6.07, 6.45) is -8.29. The van der Waals surface area contributed by atoms with Crippen molar-refractivity contribution >= 4 is 0 Å². The van der Waals surface area contributed by atoms with Crippen molar-refractivity contribution in [2.75, 3.05) is 0 Å². The Morgan fingerprint density at radius 1 is 1.25 bits per heavy atom. The van der Waals surface area contributed by atoms with Crippen LogP contribution in [0.5, 0.6) is 0 Å². The lowest BCUT2D eigenvalue weighted by Gasteiger charge is -2.39. The van der Waals surface area contributed by atoms with Crippen LogP contribution in [0.1, 0.15) is 25.8 Å². The molecule has 0 radical (unpaired) electrons. The van der Waals surface area contributed by atoms with Gasteiger partial charge in [0.25, 0.3) is 0 Å². The zero-order valence-corrected chi connectivity index (χ0v) is 15.0. The summed E-state index contributed by atoms with van der Waals surface area (Å²) >= 11 is 0. The highest BCUT2D eigenvalue weighted by atomic mass is 19.3. The van der Waals surface area contributed by atoms with Gasteiger partial charge in [0.15, 0.2) is 0 Å². The van der Waals surface area contributed by atoms with Crippen LogP contribution in [0.25, 0.3) is 0 Å². The average molecular weight is 411 g/mol. The lowest BCUT2D eigenvalue weighted by Crippen LogP contribution is -2.48. The molecule has 3 unspecified atom stereocenters. The number of hydrogen-bond donors (Lipinski definition) is 1. The van der Waals surface area contributed by atoms with E-state index in [1.54, 1.807) is 0 Å². The smallest absolute Gasteiger partial charge is 0.383 e. The normalized spacial score (nSPS) is 16.8. The first kappa shape index (κ1) is 22.2. The Morgan fingerprint density at radius 3 is 2.43 bits per heavy atom. The molecule has 0 saturated carbocycles. The summed E-state index contributed by atoms with van der Waals surface area (Å²) < 4.78 is 85.1. The van der Waals surface area contributed by atoms with Crippen LogP contribution in [-0.4, -0.2) is 38.5 Å². The molecular weight excluding hydrogens is 392 g/mol. The third-order valence-electron chi connectivity index (χ3n) is 4.54. The van der Waals surface area contributed by atoms with Gasteiger partial charge in [0.05, 0.1) is 12.6 Å². The predicted octanol–water partition coefficient (Wildman–Crippen LogP) is 3.73. The number of rotatable bonds is 9. The Bertz CT molecular complexity index is 774. The van der Waals surface area contributed by atoms with Crippen molar-refractivity contribution in [1.82, 2.24) is 14.8 Å². The van der Waals surface area contributed by atoms with Gasteiger partial charge in [0.2, 0.25) is 0 Å². The molecule has 0 bridgehead atoms. The fourth-order valence-electron chi connectivity index (χ4n) is 2.98. The van der Waals surface area contributed by atoms with Gasteiger partial charge in [-0.1, -0.05) is 19.9 Å². The third kappa shape index (κ3) is 4.64. The molecule has 0 fully saturated rings. The highest BCUT2D eigenvalue weighted by Gasteiger charge is 2.49. The Labute approximate surface area is 157 Å². The maximum Gasteiger partial charge on any atom is 0.416 e. The van der Waals surface area contributed by atoms with Crippen LogP contribution in [-0.2, 0) is 16.9 Å². The molecular formula is C17H19F6N3O2. The van der Waals surface area contributed by atoms with E-state index in [2.05, 4.69) is 14.8 Å². The standard InChI is InChI=1S/C17H19F6N3O2/c1-3-14(28-17(22,23)15(20)21)10(2)16(27,7-26-9-24-8-25-26)12-5-4-11(18)6-13(12)19/h4-6,8-10,14-15,27H,3,7H2,1-2H3. The zero-order chi connectivity index (χ0) is 21.1. The molecule has 2 aromatic rings. The maximum absolute atomic E-state index is 14.4. The minimum absolute atomic E-state index is 0.189. The van der Waals surface area contributed by atoms with Crippen molar-refractivity contribution in [3.63, 3.8) is 0 Å². The summed E-state index contributed by atoms with van der Waals surface area (Å²) in [7, 11) is 0. The second kappa shape index (κ2) is 8.48. The number of nitrogens with zero attached hydrogens (tertiary/aromatic N) is 3. The van der Waals surface area contributed by atoms with E-state index >= 15 is 0 Å². The summed E-state index contributed by atoms with van der Waals surface area (Å²) in [5.41, 5.74) is -2.66. The number of alkyl halides is 4. The molecule has 0 saturated heterocycles. The fraction of sp³-hybridized carbons (Fsp3) is 0.529. The summed E-state index contributed by atoms with van der Waals surface area (Å²) in [6, 6.07) is 2.35. The summed E-state index contributed by atoms with van der Waals surface area (Å²) in [4.78, 5) is 3.68. The van der Waals surface area contributed by atoms with Crippen molar-refractivity contribution in [1.29, 1.82) is 0 Å². The highest BCUT2D eigenvalue weighted by Crippen LogP contribution is 2.39. The fourth-order valence-corrected chi connectivity index (χ4v) is 2.98. The number of aromatic nitrogens is 3. The number of ether oxygens (including phenoxy) is 1. The molecule has 3 atom stereocenters. The molecule has 11 heteroatoms. The average Bonchev–Trinajstić information content (AvgIpc) is 3.11. The molecule has 0 amide bonds. The first-order valence-corrected chi connectivity index (χ1v) is 8.35. The minimum Gasteiger partial charge on any atom is -0.383 e. The van der Waals surface area contributed by atoms with Gasteiger partial charge >= 0.3 is 12.5 Å². The van der Waals surface area contributed by atoms with E-state index in [1.807, 2.05) is 0 Å². The van der Waals surface area contributed by atoms with Crippen LogP contribution >= 0.6 is 0 Å². The molecule has 0 spiro atoms.